The third kappa shape index (κ3) is 4.75. The summed E-state index contributed by atoms with van der Waals surface area (Å²) in [6.07, 6.45) is 3.16. The normalized spacial score (nSPS) is 14.9. The number of ether oxygens (including phenoxy) is 2. The number of nitrogens with zero attached hydrogens (tertiary/aromatic N) is 2. The second kappa shape index (κ2) is 8.97. The zero-order valence-corrected chi connectivity index (χ0v) is 18.0. The van der Waals surface area contributed by atoms with E-state index in [0.717, 1.165) is 12.8 Å². The first kappa shape index (κ1) is 21.6. The van der Waals surface area contributed by atoms with Crippen molar-refractivity contribution in [3.8, 4) is 11.5 Å². The second-order valence-corrected chi connectivity index (χ2v) is 7.99. The van der Waals surface area contributed by atoms with Crippen molar-refractivity contribution in [2.75, 3.05) is 18.1 Å². The molecule has 0 radical (unpaired) electrons. The summed E-state index contributed by atoms with van der Waals surface area (Å²) in [5.74, 6) is -0.437. The SMILES string of the molecule is O=C(COc1ccc(F)cc1)c1ccc2c(c1)N(Cc1nc(C(=O)NC3CC3)co1)C(=O)CO2. The molecule has 0 unspecified atom stereocenters. The first-order chi connectivity index (χ1) is 16.5. The number of hydrogen-bond acceptors (Lipinski definition) is 7. The summed E-state index contributed by atoms with van der Waals surface area (Å²) < 4.78 is 29.4. The van der Waals surface area contributed by atoms with Gasteiger partial charge in [0.15, 0.2) is 24.7 Å². The number of nitrogens with one attached hydrogen (secondary N) is 1. The van der Waals surface area contributed by atoms with Gasteiger partial charge in [0.2, 0.25) is 5.89 Å². The monoisotopic (exact) mass is 465 g/mol. The van der Waals surface area contributed by atoms with E-state index >= 15 is 0 Å². The Morgan fingerprint density at radius 2 is 1.97 bits per heavy atom. The molecule has 5 rings (SSSR count). The molecule has 1 aliphatic heterocycles. The first-order valence-electron chi connectivity index (χ1n) is 10.7. The van der Waals surface area contributed by atoms with Crippen LogP contribution in [0.3, 0.4) is 0 Å². The van der Waals surface area contributed by atoms with Crippen LogP contribution < -0.4 is 19.7 Å². The number of Topliss-reactive ketones (excluding diaryl/α,β-unsaturated/α-hetero) is 1. The van der Waals surface area contributed by atoms with Crippen LogP contribution in [0.1, 0.15) is 39.6 Å². The van der Waals surface area contributed by atoms with Crippen LogP contribution in [0.4, 0.5) is 10.1 Å². The summed E-state index contributed by atoms with van der Waals surface area (Å²) in [6.45, 7) is -0.474. The largest absolute Gasteiger partial charge is 0.485 e. The Bertz CT molecular complexity index is 1250. The van der Waals surface area contributed by atoms with Gasteiger partial charge in [-0.25, -0.2) is 9.37 Å². The highest BCUT2D eigenvalue weighted by atomic mass is 19.1. The topological polar surface area (TPSA) is 111 Å². The maximum absolute atomic E-state index is 13.0. The number of oxazole rings is 1. The van der Waals surface area contributed by atoms with Gasteiger partial charge in [0, 0.05) is 11.6 Å². The van der Waals surface area contributed by atoms with Crippen LogP contribution >= 0.6 is 0 Å². The van der Waals surface area contributed by atoms with E-state index in [2.05, 4.69) is 10.3 Å². The third-order valence-corrected chi connectivity index (χ3v) is 5.40. The fraction of sp³-hybridized carbons (Fsp3) is 0.250. The maximum Gasteiger partial charge on any atom is 0.273 e. The van der Waals surface area contributed by atoms with Crippen LogP contribution in [0, 0.1) is 5.82 Å². The van der Waals surface area contributed by atoms with Gasteiger partial charge in [-0.3, -0.25) is 19.3 Å². The van der Waals surface area contributed by atoms with Gasteiger partial charge in [0.1, 0.15) is 30.1 Å². The molecule has 3 aromatic rings. The molecule has 10 heteroatoms. The fourth-order valence-electron chi connectivity index (χ4n) is 3.42. The standard InChI is InChI=1S/C24H20FN3O6/c25-15-2-6-17(7-3-15)32-12-20(29)14-1-8-21-19(9-14)28(23(30)13-33-21)10-22-27-18(11-34-22)24(31)26-16-4-5-16/h1-3,6-9,11,16H,4-5,10,12-13H2,(H,26,31). The van der Waals surface area contributed by atoms with Crippen molar-refractivity contribution >= 4 is 23.3 Å². The lowest BCUT2D eigenvalue weighted by Crippen LogP contribution is -2.38. The lowest BCUT2D eigenvalue weighted by molar-refractivity contribution is -0.121. The zero-order valence-electron chi connectivity index (χ0n) is 18.0. The maximum atomic E-state index is 13.0. The number of fused-ring (bicyclic) bond motifs is 1. The van der Waals surface area contributed by atoms with E-state index in [0.29, 0.717) is 22.7 Å². The minimum absolute atomic E-state index is 0.0321. The Kier molecular flexibility index (Phi) is 5.70. The average molecular weight is 465 g/mol. The van der Waals surface area contributed by atoms with Gasteiger partial charge in [0.25, 0.3) is 11.8 Å². The lowest BCUT2D eigenvalue weighted by Gasteiger charge is -2.28. The van der Waals surface area contributed by atoms with Crippen LogP contribution in [0.15, 0.2) is 53.1 Å². The molecule has 1 N–H and O–H groups in total. The molecule has 2 amide bonds. The number of hydrogen-bond donors (Lipinski definition) is 1. The Morgan fingerprint density at radius 1 is 1.18 bits per heavy atom. The summed E-state index contributed by atoms with van der Waals surface area (Å²) in [5.41, 5.74) is 0.830. The molecule has 9 nitrogen and oxygen atoms in total. The van der Waals surface area contributed by atoms with Gasteiger partial charge >= 0.3 is 0 Å². The molecular weight excluding hydrogens is 445 g/mol. The quantitative estimate of drug-likeness (QED) is 0.509. The number of carbonyl (C=O) groups excluding carboxylic acids is 3. The molecule has 1 saturated carbocycles. The van der Waals surface area contributed by atoms with Crippen LogP contribution in [0.2, 0.25) is 0 Å². The van der Waals surface area contributed by atoms with Crippen molar-refractivity contribution in [2.45, 2.75) is 25.4 Å². The molecule has 0 saturated heterocycles. The molecular formula is C24H20FN3O6. The van der Waals surface area contributed by atoms with Crippen LogP contribution in [0.25, 0.3) is 0 Å². The Morgan fingerprint density at radius 3 is 2.74 bits per heavy atom. The van der Waals surface area contributed by atoms with Crippen molar-refractivity contribution < 1.29 is 32.7 Å². The summed E-state index contributed by atoms with van der Waals surface area (Å²) in [4.78, 5) is 43.0. The van der Waals surface area contributed by atoms with E-state index in [1.807, 2.05) is 0 Å². The molecule has 34 heavy (non-hydrogen) atoms. The minimum atomic E-state index is -0.403. The van der Waals surface area contributed by atoms with Crippen molar-refractivity contribution in [3.05, 3.63) is 71.7 Å². The van der Waals surface area contributed by atoms with Gasteiger partial charge in [0.05, 0.1) is 5.69 Å². The van der Waals surface area contributed by atoms with E-state index in [1.54, 1.807) is 12.1 Å². The Balaban J connectivity index is 1.30. The number of ketones is 1. The van der Waals surface area contributed by atoms with E-state index in [9.17, 15) is 18.8 Å². The van der Waals surface area contributed by atoms with Crippen molar-refractivity contribution in [3.63, 3.8) is 0 Å². The number of halogens is 1. The molecule has 174 valence electrons. The molecule has 0 atom stereocenters. The van der Waals surface area contributed by atoms with E-state index in [-0.39, 0.29) is 55.0 Å². The van der Waals surface area contributed by atoms with Crippen LogP contribution in [-0.2, 0) is 11.3 Å². The van der Waals surface area contributed by atoms with Crippen molar-refractivity contribution in [1.29, 1.82) is 0 Å². The second-order valence-electron chi connectivity index (χ2n) is 7.99. The molecule has 0 bridgehead atoms. The van der Waals surface area contributed by atoms with E-state index in [1.165, 1.54) is 41.5 Å². The predicted octanol–water partition coefficient (Wildman–Crippen LogP) is 2.89. The van der Waals surface area contributed by atoms with Gasteiger partial charge in [-0.05, 0) is 55.3 Å². The molecule has 1 fully saturated rings. The molecule has 2 heterocycles. The predicted molar refractivity (Wildman–Crippen MR) is 116 cm³/mol. The van der Waals surface area contributed by atoms with Gasteiger partial charge in [-0.1, -0.05) is 0 Å². The fourth-order valence-corrected chi connectivity index (χ4v) is 3.42. The Hall–Kier alpha value is -4.21. The minimum Gasteiger partial charge on any atom is -0.485 e. The Labute approximate surface area is 193 Å². The molecule has 2 aromatic carbocycles. The smallest absolute Gasteiger partial charge is 0.273 e. The van der Waals surface area contributed by atoms with E-state index in [4.69, 9.17) is 13.9 Å². The number of anilines is 1. The highest BCUT2D eigenvalue weighted by molar-refractivity contribution is 6.02. The average Bonchev–Trinajstić information content (AvgIpc) is 3.53. The van der Waals surface area contributed by atoms with Gasteiger partial charge < -0.3 is 19.2 Å². The number of aromatic nitrogens is 1. The molecule has 2 aliphatic rings. The summed E-state index contributed by atoms with van der Waals surface area (Å²) >= 11 is 0. The number of amides is 2. The van der Waals surface area contributed by atoms with Crippen LogP contribution in [-0.4, -0.2) is 41.8 Å². The van der Waals surface area contributed by atoms with E-state index < -0.39 is 5.82 Å². The lowest BCUT2D eigenvalue weighted by atomic mass is 10.1. The highest BCUT2D eigenvalue weighted by Gasteiger charge is 2.29. The van der Waals surface area contributed by atoms with Gasteiger partial charge in [-0.2, -0.15) is 0 Å². The number of rotatable bonds is 8. The summed E-state index contributed by atoms with van der Waals surface area (Å²) in [6, 6.07) is 10.2. The first-order valence-corrected chi connectivity index (χ1v) is 10.7. The van der Waals surface area contributed by atoms with Gasteiger partial charge in [-0.15, -0.1) is 0 Å². The molecule has 0 spiro atoms. The summed E-state index contributed by atoms with van der Waals surface area (Å²) in [5, 5.41) is 2.83. The highest BCUT2D eigenvalue weighted by Crippen LogP contribution is 2.34. The zero-order chi connectivity index (χ0) is 23.7. The molecule has 1 aliphatic carbocycles. The third-order valence-electron chi connectivity index (χ3n) is 5.40. The number of carbonyl (C=O) groups is 3. The van der Waals surface area contributed by atoms with Crippen molar-refractivity contribution in [1.82, 2.24) is 10.3 Å². The van der Waals surface area contributed by atoms with Crippen LogP contribution in [0.5, 0.6) is 11.5 Å². The number of benzene rings is 2. The van der Waals surface area contributed by atoms with Crippen molar-refractivity contribution in [2.24, 2.45) is 0 Å². The molecule has 1 aromatic heterocycles. The summed E-state index contributed by atoms with van der Waals surface area (Å²) in [7, 11) is 0.